The molecule has 2 saturated heterocycles. The van der Waals surface area contributed by atoms with Gasteiger partial charge in [0.25, 0.3) is 11.8 Å². The van der Waals surface area contributed by atoms with E-state index in [1.807, 2.05) is 90.9 Å². The maximum atomic E-state index is 14.8. The Kier molecular flexibility index (Phi) is 25.6. The summed E-state index contributed by atoms with van der Waals surface area (Å²) in [6.07, 6.45) is 5.13. The van der Waals surface area contributed by atoms with Gasteiger partial charge >= 0.3 is 6.09 Å². The molecule has 0 spiro atoms. The lowest BCUT2D eigenvalue weighted by atomic mass is 9.89. The molecule has 2 aromatic carbocycles. The molecule has 458 valence electrons. The second kappa shape index (κ2) is 31.7. The van der Waals surface area contributed by atoms with Crippen LogP contribution in [0.4, 0.5) is 10.5 Å². The summed E-state index contributed by atoms with van der Waals surface area (Å²) in [4.78, 5) is 122. The number of hydrogen-bond acceptors (Lipinski definition) is 12. The van der Waals surface area contributed by atoms with Crippen molar-refractivity contribution in [3.05, 3.63) is 77.9 Å². The molecule has 0 unspecified atom stereocenters. The number of likely N-dealkylation sites (N-methyl/N-ethyl adjacent to an activating group) is 1. The van der Waals surface area contributed by atoms with E-state index in [0.29, 0.717) is 95.9 Å². The Morgan fingerprint density at radius 3 is 2.00 bits per heavy atom. The Morgan fingerprint density at radius 2 is 1.42 bits per heavy atom. The van der Waals surface area contributed by atoms with E-state index in [9.17, 15) is 38.4 Å². The molecule has 2 aromatic rings. The van der Waals surface area contributed by atoms with Crippen LogP contribution in [0.25, 0.3) is 0 Å². The Balaban J connectivity index is 1.21. The van der Waals surface area contributed by atoms with Gasteiger partial charge in [-0.2, -0.15) is 0 Å². The van der Waals surface area contributed by atoms with Crippen LogP contribution in [-0.2, 0) is 60.7 Å². The molecule has 0 aromatic heterocycles. The number of unbranched alkanes of at least 4 members (excludes halogenated alkanes) is 2. The van der Waals surface area contributed by atoms with Crippen molar-refractivity contribution in [2.75, 3.05) is 79.9 Å². The summed E-state index contributed by atoms with van der Waals surface area (Å²) in [5.74, 6) is -2.38. The summed E-state index contributed by atoms with van der Waals surface area (Å²) in [5.41, 5.74) is 1.55. The molecule has 0 saturated carbocycles. The quantitative estimate of drug-likeness (QED) is 0.0412. The van der Waals surface area contributed by atoms with Crippen molar-refractivity contribution >= 4 is 59.1 Å². The van der Waals surface area contributed by atoms with E-state index in [0.717, 1.165) is 11.1 Å². The maximum Gasteiger partial charge on any atom is 0.410 e. The monoisotopic (exact) mass is 1150 g/mol. The lowest BCUT2D eigenvalue weighted by Crippen LogP contribution is -2.56. The van der Waals surface area contributed by atoms with Crippen LogP contribution in [0, 0.1) is 17.8 Å². The number of benzene rings is 2. The number of imide groups is 1. The topological polar surface area (TPSA) is 232 Å². The van der Waals surface area contributed by atoms with Crippen LogP contribution in [0.15, 0.2) is 71.7 Å². The highest BCUT2D eigenvalue weighted by atomic mass is 16.6. The number of amides is 8. The smallest absolute Gasteiger partial charge is 0.410 e. The molecule has 8 amide bonds. The van der Waals surface area contributed by atoms with Crippen LogP contribution in [-0.4, -0.2) is 199 Å². The number of guanidine groups is 1. The van der Waals surface area contributed by atoms with E-state index in [1.54, 1.807) is 60.0 Å². The highest BCUT2D eigenvalue weighted by molar-refractivity contribution is 6.12. The molecule has 3 heterocycles. The third-order valence-electron chi connectivity index (χ3n) is 15.8. The first-order valence-electron chi connectivity index (χ1n) is 29.5. The number of anilines is 1. The van der Waals surface area contributed by atoms with Gasteiger partial charge in [-0.05, 0) is 81.5 Å². The molecule has 3 aliphatic heterocycles. The van der Waals surface area contributed by atoms with E-state index < -0.39 is 59.7 Å². The molecular weight excluding hydrogens is 1060 g/mol. The minimum atomic E-state index is -0.977. The second-order valence-electron chi connectivity index (χ2n) is 23.7. The summed E-state index contributed by atoms with van der Waals surface area (Å²) in [5, 5.41) is 8.88. The van der Waals surface area contributed by atoms with Gasteiger partial charge in [0, 0.05) is 112 Å². The predicted octanol–water partition coefficient (Wildman–Crippen LogP) is 5.87. The number of nitrogens with zero attached hydrogens (tertiary/aromatic N) is 7. The molecule has 21 nitrogen and oxygen atoms in total. The van der Waals surface area contributed by atoms with Crippen LogP contribution in [0.5, 0.6) is 0 Å². The lowest BCUT2D eigenvalue weighted by Gasteiger charge is -2.41. The summed E-state index contributed by atoms with van der Waals surface area (Å²) >= 11 is 0. The number of carbonyl (C=O) groups excluding carboxylic acids is 8. The van der Waals surface area contributed by atoms with Crippen LogP contribution in [0.1, 0.15) is 118 Å². The zero-order chi connectivity index (χ0) is 61.1. The van der Waals surface area contributed by atoms with Gasteiger partial charge in [-0.25, -0.2) is 9.79 Å². The number of methoxy groups -OCH3 is 2. The van der Waals surface area contributed by atoms with Gasteiger partial charge in [0.05, 0.1) is 36.6 Å². The fourth-order valence-corrected chi connectivity index (χ4v) is 11.0. The highest BCUT2D eigenvalue weighted by Crippen LogP contribution is 2.30. The highest BCUT2D eigenvalue weighted by Gasteiger charge is 2.43. The van der Waals surface area contributed by atoms with Crippen LogP contribution in [0.3, 0.4) is 0 Å². The van der Waals surface area contributed by atoms with Crippen molar-refractivity contribution in [1.82, 2.24) is 40.0 Å². The van der Waals surface area contributed by atoms with Gasteiger partial charge < -0.3 is 54.7 Å². The van der Waals surface area contributed by atoms with Gasteiger partial charge in [-0.3, -0.25) is 38.5 Å². The number of rotatable bonds is 27. The minimum Gasteiger partial charge on any atom is -0.444 e. The Labute approximate surface area is 492 Å². The third-order valence-corrected chi connectivity index (χ3v) is 15.8. The van der Waals surface area contributed by atoms with Crippen molar-refractivity contribution in [3.8, 4) is 0 Å². The molecule has 3 aliphatic rings. The van der Waals surface area contributed by atoms with E-state index in [1.165, 1.54) is 24.2 Å². The molecule has 21 heteroatoms. The molecule has 5 rings (SSSR count). The number of hydrogen-bond donors (Lipinski definition) is 3. The number of aliphatic imine (C=N–C) groups is 1. The Hall–Kier alpha value is -6.87. The summed E-state index contributed by atoms with van der Waals surface area (Å²) < 4.78 is 17.9. The molecular formula is C62H94N10O11. The average Bonchev–Trinajstić information content (AvgIpc) is 4.27. The molecule has 3 N–H and O–H groups in total. The molecule has 0 bridgehead atoms. The van der Waals surface area contributed by atoms with E-state index in [2.05, 4.69) is 27.8 Å². The summed E-state index contributed by atoms with van der Waals surface area (Å²) in [6.45, 7) is 18.3. The number of nitrogens with one attached hydrogen (secondary N) is 3. The largest absolute Gasteiger partial charge is 0.444 e. The molecule has 8 atom stereocenters. The molecule has 2 fully saturated rings. The average molecular weight is 1160 g/mol. The van der Waals surface area contributed by atoms with Crippen molar-refractivity contribution in [3.63, 3.8) is 0 Å². The van der Waals surface area contributed by atoms with Gasteiger partial charge in [-0.15, -0.1) is 0 Å². The first-order valence-corrected chi connectivity index (χ1v) is 29.5. The number of likely N-dealkylation sites (tertiary alicyclic amines) is 1. The van der Waals surface area contributed by atoms with Gasteiger partial charge in [0.1, 0.15) is 17.7 Å². The van der Waals surface area contributed by atoms with E-state index in [4.69, 9.17) is 19.2 Å². The van der Waals surface area contributed by atoms with Crippen molar-refractivity contribution in [1.29, 1.82) is 0 Å². The standard InChI is InChI=1S/C62H94N10O11/c1-14-42(4)55(68(11)59(79)54(41(2)3)66-60(67(9)10)69-34-36-70(37-35-69)61(80)83-62(6,7)8)49(81-12)39-53(76)71-33-21-24-48(71)56(82-13)43(5)57(77)65-47(38-44-22-17-15-18-23-44)58(78)64-46-28-26-45(27-29-46)40-63-50(73)25-19-16-20-32-72-51(74)30-31-52(72)75/h15,17-18,22-23,26-31,41-43,47-49,54-56H,14,16,19-21,24-25,32-40H2,1-13H3,(H,63,73)(H,64,78)(H,65,77)/b66-60-/t42-,43+,47-,48-,49-,54-,55-,56+/m0/s1. The minimum absolute atomic E-state index is 0.0270. The van der Waals surface area contributed by atoms with Gasteiger partial charge in [0.15, 0.2) is 5.96 Å². The van der Waals surface area contributed by atoms with Crippen molar-refractivity contribution in [2.45, 2.75) is 162 Å². The number of carbonyl (C=O) groups is 8. The maximum absolute atomic E-state index is 14.8. The molecule has 0 radical (unpaired) electrons. The van der Waals surface area contributed by atoms with Crippen LogP contribution in [0.2, 0.25) is 0 Å². The Morgan fingerprint density at radius 1 is 0.783 bits per heavy atom. The fraction of sp³-hybridized carbons (Fsp3) is 0.629. The number of ether oxygens (including phenoxy) is 3. The second-order valence-corrected chi connectivity index (χ2v) is 23.7. The number of piperazine rings is 1. The normalized spacial score (nSPS) is 18.3. The van der Waals surface area contributed by atoms with Crippen LogP contribution >= 0.6 is 0 Å². The summed E-state index contributed by atoms with van der Waals surface area (Å²) in [6, 6.07) is 13.8. The predicted molar refractivity (Wildman–Crippen MR) is 319 cm³/mol. The van der Waals surface area contributed by atoms with E-state index >= 15 is 0 Å². The fourth-order valence-electron chi connectivity index (χ4n) is 11.0. The van der Waals surface area contributed by atoms with Crippen LogP contribution < -0.4 is 16.0 Å². The zero-order valence-corrected chi connectivity index (χ0v) is 51.5. The zero-order valence-electron chi connectivity index (χ0n) is 51.5. The van der Waals surface area contributed by atoms with Gasteiger partial charge in [0.2, 0.25) is 29.5 Å². The first kappa shape index (κ1) is 66.9. The lowest BCUT2D eigenvalue weighted by molar-refractivity contribution is -0.146. The summed E-state index contributed by atoms with van der Waals surface area (Å²) in [7, 11) is 8.64. The van der Waals surface area contributed by atoms with Gasteiger partial charge in [-0.1, -0.05) is 89.9 Å². The van der Waals surface area contributed by atoms with Crippen molar-refractivity contribution in [2.24, 2.45) is 22.7 Å². The van der Waals surface area contributed by atoms with Crippen molar-refractivity contribution < 1.29 is 52.6 Å². The van der Waals surface area contributed by atoms with E-state index in [-0.39, 0.29) is 66.9 Å². The Bertz CT molecular complexity index is 2540. The third kappa shape index (κ3) is 19.3. The molecule has 0 aliphatic carbocycles. The first-order chi connectivity index (χ1) is 39.4. The SMILES string of the molecule is CC[C@H](C)[C@@H]([C@H](CC(=O)N1CCC[C@H]1[C@H](OC)[C@@H](C)C(=O)N[C@@H](Cc1ccccc1)C(=O)Nc1ccc(CNC(=O)CCCCCN2C(=O)C=CC2=O)cc1)OC)N(C)C(=O)[C@@H](/N=C(/N(C)C)N1CCN(C(=O)OC(C)(C)C)CC1)C(C)C. The molecule has 83 heavy (non-hydrogen) atoms.